The quantitative estimate of drug-likeness (QED) is 0.879. The number of hydrogen-bond acceptors (Lipinski definition) is 5. The molecule has 0 aliphatic heterocycles. The number of nitrogens with one attached hydrogen (secondary N) is 1. The number of carboxylic acid groups (broad SMARTS) is 1. The van der Waals surface area contributed by atoms with Gasteiger partial charge in [-0.1, -0.05) is 12.1 Å². The van der Waals surface area contributed by atoms with E-state index in [0.29, 0.717) is 10.7 Å². The normalized spacial score (nSPS) is 11.3. The van der Waals surface area contributed by atoms with Gasteiger partial charge < -0.3 is 5.11 Å². The summed E-state index contributed by atoms with van der Waals surface area (Å²) in [6, 6.07) is 5.73. The third kappa shape index (κ3) is 4.02. The van der Waals surface area contributed by atoms with Gasteiger partial charge in [-0.2, -0.15) is 0 Å². The summed E-state index contributed by atoms with van der Waals surface area (Å²) in [5.41, 5.74) is 1.43. The minimum atomic E-state index is -3.57. The third-order valence-corrected chi connectivity index (χ3v) is 5.16. The van der Waals surface area contributed by atoms with Crippen molar-refractivity contribution in [2.24, 2.45) is 0 Å². The first kappa shape index (κ1) is 15.5. The second-order valence-corrected chi connectivity index (χ2v) is 7.45. The molecule has 8 heteroatoms. The number of carbonyl (C=O) groups is 1. The van der Waals surface area contributed by atoms with Crippen molar-refractivity contribution in [3.8, 4) is 0 Å². The zero-order chi connectivity index (χ0) is 15.6. The highest BCUT2D eigenvalue weighted by atomic mass is 32.2. The van der Waals surface area contributed by atoms with Crippen LogP contribution < -0.4 is 4.72 Å². The van der Waals surface area contributed by atoms with E-state index in [1.54, 1.807) is 0 Å². The molecule has 0 aliphatic carbocycles. The largest absolute Gasteiger partial charge is 0.478 e. The Morgan fingerprint density at radius 1 is 1.29 bits per heavy atom. The molecule has 0 amide bonds. The molecule has 2 aromatic rings. The Hall–Kier alpha value is -1.93. The van der Waals surface area contributed by atoms with E-state index in [1.807, 2.05) is 13.8 Å². The van der Waals surface area contributed by atoms with Gasteiger partial charge in [0.25, 0.3) is 0 Å². The highest BCUT2D eigenvalue weighted by Gasteiger charge is 2.15. The number of rotatable bonds is 5. The lowest BCUT2D eigenvalue weighted by Gasteiger charge is -2.05. The summed E-state index contributed by atoms with van der Waals surface area (Å²) in [6.07, 6.45) is 0. The van der Waals surface area contributed by atoms with Crippen molar-refractivity contribution in [1.82, 2.24) is 4.98 Å². The van der Waals surface area contributed by atoms with E-state index in [4.69, 9.17) is 5.11 Å². The Labute approximate surface area is 126 Å². The Balaban J connectivity index is 2.11. The molecule has 0 aliphatic rings. The Morgan fingerprint density at radius 3 is 2.38 bits per heavy atom. The van der Waals surface area contributed by atoms with Crippen LogP contribution in [0.25, 0.3) is 0 Å². The molecular weight excluding hydrogens is 312 g/mol. The lowest BCUT2D eigenvalue weighted by molar-refractivity contribution is 0.0697. The minimum absolute atomic E-state index is 0.121. The minimum Gasteiger partial charge on any atom is -0.478 e. The number of aromatic nitrogens is 1. The number of sulfonamides is 1. The molecule has 0 fully saturated rings. The van der Waals surface area contributed by atoms with Gasteiger partial charge >= 0.3 is 5.97 Å². The number of anilines is 1. The summed E-state index contributed by atoms with van der Waals surface area (Å²) < 4.78 is 26.5. The maximum atomic E-state index is 12.0. The third-order valence-electron chi connectivity index (χ3n) is 2.83. The number of hydrogen-bond donors (Lipinski definition) is 2. The van der Waals surface area contributed by atoms with Crippen molar-refractivity contribution in [2.75, 3.05) is 4.72 Å². The molecule has 0 atom stereocenters. The maximum Gasteiger partial charge on any atom is 0.335 e. The van der Waals surface area contributed by atoms with Crippen LogP contribution in [-0.4, -0.2) is 24.5 Å². The molecule has 0 saturated heterocycles. The standard InChI is InChI=1S/C13H14N2O4S2/c1-8-9(2)20-13(14-8)15-21(18,19)7-10-3-5-11(6-4-10)12(16)17/h3-6H,7H2,1-2H3,(H,14,15)(H,16,17). The van der Waals surface area contributed by atoms with Gasteiger partial charge in [-0.05, 0) is 31.5 Å². The molecule has 0 spiro atoms. The zero-order valence-corrected chi connectivity index (χ0v) is 13.1. The second-order valence-electron chi connectivity index (χ2n) is 4.52. The first-order valence-electron chi connectivity index (χ1n) is 6.03. The van der Waals surface area contributed by atoms with E-state index in [1.165, 1.54) is 35.6 Å². The number of carboxylic acids is 1. The molecule has 0 radical (unpaired) electrons. The Kier molecular flexibility index (Phi) is 4.29. The zero-order valence-electron chi connectivity index (χ0n) is 11.5. The maximum absolute atomic E-state index is 12.0. The molecule has 21 heavy (non-hydrogen) atoms. The summed E-state index contributed by atoms with van der Waals surface area (Å²) in [6.45, 7) is 3.68. The van der Waals surface area contributed by atoms with Gasteiger partial charge in [0.1, 0.15) is 0 Å². The Bertz CT molecular complexity index is 744. The molecule has 1 aromatic heterocycles. The van der Waals surface area contributed by atoms with Gasteiger partial charge in [0.05, 0.1) is 17.0 Å². The molecule has 0 bridgehead atoms. The van der Waals surface area contributed by atoms with Gasteiger partial charge in [-0.25, -0.2) is 18.2 Å². The van der Waals surface area contributed by atoms with Crippen LogP contribution in [-0.2, 0) is 15.8 Å². The highest BCUT2D eigenvalue weighted by molar-refractivity contribution is 7.92. The molecular formula is C13H14N2O4S2. The summed E-state index contributed by atoms with van der Waals surface area (Å²) in [7, 11) is -3.57. The van der Waals surface area contributed by atoms with Crippen LogP contribution >= 0.6 is 11.3 Å². The molecule has 0 saturated carbocycles. The summed E-state index contributed by atoms with van der Waals surface area (Å²) >= 11 is 1.28. The van der Waals surface area contributed by atoms with Crippen LogP contribution in [0.5, 0.6) is 0 Å². The predicted molar refractivity (Wildman–Crippen MR) is 81.2 cm³/mol. The van der Waals surface area contributed by atoms with Crippen molar-refractivity contribution >= 4 is 32.5 Å². The van der Waals surface area contributed by atoms with Crippen LogP contribution in [0, 0.1) is 13.8 Å². The van der Waals surface area contributed by atoms with E-state index < -0.39 is 16.0 Å². The number of aromatic carboxylic acids is 1. The van der Waals surface area contributed by atoms with Crippen molar-refractivity contribution < 1.29 is 18.3 Å². The fourth-order valence-electron chi connectivity index (χ4n) is 1.65. The smallest absolute Gasteiger partial charge is 0.335 e. The van der Waals surface area contributed by atoms with Crippen molar-refractivity contribution in [3.05, 3.63) is 46.0 Å². The summed E-state index contributed by atoms with van der Waals surface area (Å²) in [4.78, 5) is 15.8. The van der Waals surface area contributed by atoms with Gasteiger partial charge in [0.15, 0.2) is 5.13 Å². The van der Waals surface area contributed by atoms with E-state index in [9.17, 15) is 13.2 Å². The lowest BCUT2D eigenvalue weighted by atomic mass is 10.1. The van der Waals surface area contributed by atoms with Gasteiger partial charge in [-0.15, -0.1) is 11.3 Å². The molecule has 1 aromatic carbocycles. The van der Waals surface area contributed by atoms with Gasteiger partial charge in [0, 0.05) is 4.88 Å². The van der Waals surface area contributed by atoms with Crippen molar-refractivity contribution in [2.45, 2.75) is 19.6 Å². The fourth-order valence-corrected chi connectivity index (χ4v) is 3.88. The van der Waals surface area contributed by atoms with E-state index in [2.05, 4.69) is 9.71 Å². The monoisotopic (exact) mass is 326 g/mol. The molecule has 2 rings (SSSR count). The van der Waals surface area contributed by atoms with Crippen LogP contribution in [0.4, 0.5) is 5.13 Å². The molecule has 2 N–H and O–H groups in total. The van der Waals surface area contributed by atoms with E-state index in [-0.39, 0.29) is 11.3 Å². The highest BCUT2D eigenvalue weighted by Crippen LogP contribution is 2.22. The summed E-state index contributed by atoms with van der Waals surface area (Å²) in [5, 5.41) is 9.13. The van der Waals surface area contributed by atoms with Crippen molar-refractivity contribution in [1.29, 1.82) is 0 Å². The average Bonchev–Trinajstić information content (AvgIpc) is 2.67. The van der Waals surface area contributed by atoms with Gasteiger partial charge in [0.2, 0.25) is 10.0 Å². The SMILES string of the molecule is Cc1nc(NS(=O)(=O)Cc2ccc(C(=O)O)cc2)sc1C. The second kappa shape index (κ2) is 5.82. The lowest BCUT2D eigenvalue weighted by Crippen LogP contribution is -2.15. The fraction of sp³-hybridized carbons (Fsp3) is 0.231. The molecule has 1 heterocycles. The van der Waals surface area contributed by atoms with E-state index in [0.717, 1.165) is 10.6 Å². The number of nitrogens with zero attached hydrogens (tertiary/aromatic N) is 1. The van der Waals surface area contributed by atoms with Crippen LogP contribution in [0.15, 0.2) is 24.3 Å². The number of aryl methyl sites for hydroxylation is 2. The Morgan fingerprint density at radius 2 is 1.90 bits per heavy atom. The van der Waals surface area contributed by atoms with E-state index >= 15 is 0 Å². The molecule has 6 nitrogen and oxygen atoms in total. The topological polar surface area (TPSA) is 96.4 Å². The van der Waals surface area contributed by atoms with Crippen LogP contribution in [0.1, 0.15) is 26.5 Å². The first-order valence-corrected chi connectivity index (χ1v) is 8.50. The molecule has 0 unspecified atom stereocenters. The van der Waals surface area contributed by atoms with Crippen LogP contribution in [0.3, 0.4) is 0 Å². The molecule has 112 valence electrons. The first-order chi connectivity index (χ1) is 9.77. The number of benzene rings is 1. The number of thiazole rings is 1. The summed E-state index contributed by atoms with van der Waals surface area (Å²) in [5.74, 6) is -1.28. The van der Waals surface area contributed by atoms with Gasteiger partial charge in [-0.3, -0.25) is 4.72 Å². The van der Waals surface area contributed by atoms with Crippen LogP contribution in [0.2, 0.25) is 0 Å². The average molecular weight is 326 g/mol. The van der Waals surface area contributed by atoms with Crippen molar-refractivity contribution in [3.63, 3.8) is 0 Å². The predicted octanol–water partition coefficient (Wildman–Crippen LogP) is 2.40.